The van der Waals surface area contributed by atoms with E-state index in [9.17, 15) is 13.6 Å². The summed E-state index contributed by atoms with van der Waals surface area (Å²) in [6.07, 6.45) is 3.19. The summed E-state index contributed by atoms with van der Waals surface area (Å²) in [6, 6.07) is -0.827. The van der Waals surface area contributed by atoms with Crippen molar-refractivity contribution in [3.05, 3.63) is 17.7 Å². The van der Waals surface area contributed by atoms with E-state index in [1.807, 2.05) is 6.20 Å². The number of carbonyl (C=O) groups excluding carboxylic acids is 1. The smallest absolute Gasteiger partial charge is 0.262 e. The molecule has 23 heavy (non-hydrogen) atoms. The number of alkyl halides is 2. The molecule has 2 aliphatic rings. The third-order valence-corrected chi connectivity index (χ3v) is 4.53. The molecular formula is C16H24F2N4O. The van der Waals surface area contributed by atoms with Gasteiger partial charge < -0.3 is 9.88 Å². The summed E-state index contributed by atoms with van der Waals surface area (Å²) >= 11 is 0. The lowest BCUT2D eigenvalue weighted by molar-refractivity contribution is -0.124. The Morgan fingerprint density at radius 1 is 1.48 bits per heavy atom. The van der Waals surface area contributed by atoms with Crippen LogP contribution in [0.5, 0.6) is 0 Å². The molecule has 5 nitrogen and oxygen atoms in total. The van der Waals surface area contributed by atoms with Crippen molar-refractivity contribution in [3.8, 4) is 0 Å². The van der Waals surface area contributed by atoms with Crippen molar-refractivity contribution < 1.29 is 13.6 Å². The maximum atomic E-state index is 13.2. The van der Waals surface area contributed by atoms with E-state index in [2.05, 4.69) is 41.0 Å². The third-order valence-electron chi connectivity index (χ3n) is 4.53. The highest BCUT2D eigenvalue weighted by Gasteiger charge is 2.42. The second-order valence-electron chi connectivity index (χ2n) is 7.68. The maximum absolute atomic E-state index is 13.2. The molecular weight excluding hydrogens is 302 g/mol. The van der Waals surface area contributed by atoms with Gasteiger partial charge in [0, 0.05) is 37.0 Å². The first-order chi connectivity index (χ1) is 10.6. The lowest BCUT2D eigenvalue weighted by atomic mass is 9.93. The van der Waals surface area contributed by atoms with Crippen LogP contribution >= 0.6 is 0 Å². The Bertz CT molecular complexity index is 606. The van der Waals surface area contributed by atoms with Crippen LogP contribution in [0.4, 0.5) is 8.78 Å². The number of amides is 1. The van der Waals surface area contributed by atoms with Gasteiger partial charge in [0.25, 0.3) is 5.92 Å². The molecule has 2 atom stereocenters. The number of rotatable bonds is 2. The molecule has 1 aromatic rings. The summed E-state index contributed by atoms with van der Waals surface area (Å²) in [5.41, 5.74) is 1.03. The third kappa shape index (κ3) is 3.54. The number of imidazole rings is 1. The van der Waals surface area contributed by atoms with Crippen LogP contribution in [-0.4, -0.2) is 40.0 Å². The summed E-state index contributed by atoms with van der Waals surface area (Å²) in [7, 11) is 0. The first-order valence-corrected chi connectivity index (χ1v) is 8.12. The van der Waals surface area contributed by atoms with Gasteiger partial charge in [0.1, 0.15) is 5.82 Å². The van der Waals surface area contributed by atoms with Gasteiger partial charge in [0.2, 0.25) is 5.91 Å². The van der Waals surface area contributed by atoms with E-state index in [1.165, 1.54) is 0 Å². The Morgan fingerprint density at radius 2 is 2.22 bits per heavy atom. The van der Waals surface area contributed by atoms with Gasteiger partial charge in [-0.05, 0) is 6.42 Å². The maximum Gasteiger partial charge on any atom is 0.262 e. The minimum atomic E-state index is -2.78. The fourth-order valence-corrected chi connectivity index (χ4v) is 3.13. The van der Waals surface area contributed by atoms with Gasteiger partial charge in [-0.3, -0.25) is 10.1 Å². The van der Waals surface area contributed by atoms with Crippen LogP contribution in [-0.2, 0) is 23.2 Å². The fourth-order valence-electron chi connectivity index (χ4n) is 3.13. The van der Waals surface area contributed by atoms with E-state index in [0.29, 0.717) is 6.54 Å². The van der Waals surface area contributed by atoms with Gasteiger partial charge in [-0.1, -0.05) is 20.8 Å². The number of nitrogens with one attached hydrogen (secondary N) is 2. The fraction of sp³-hybridized carbons (Fsp3) is 0.750. The first kappa shape index (κ1) is 16.4. The Morgan fingerprint density at radius 3 is 2.83 bits per heavy atom. The Labute approximate surface area is 134 Å². The van der Waals surface area contributed by atoms with E-state index in [1.54, 1.807) is 0 Å². The Hall–Kier alpha value is -1.50. The molecule has 2 N–H and O–H groups in total. The lowest BCUT2D eigenvalue weighted by Gasteiger charge is -2.26. The average molecular weight is 326 g/mol. The number of aryl methyl sites for hydroxylation is 1. The predicted octanol–water partition coefficient (Wildman–Crippen LogP) is 1.61. The van der Waals surface area contributed by atoms with E-state index in [0.717, 1.165) is 24.4 Å². The molecule has 0 saturated carbocycles. The second kappa shape index (κ2) is 5.54. The summed E-state index contributed by atoms with van der Waals surface area (Å²) in [5, 5.41) is 5.50. The second-order valence-corrected chi connectivity index (χ2v) is 7.68. The molecule has 1 fully saturated rings. The number of hydrogen-bond acceptors (Lipinski definition) is 3. The molecule has 2 unspecified atom stereocenters. The van der Waals surface area contributed by atoms with Crippen molar-refractivity contribution in [3.63, 3.8) is 0 Å². The number of aromatic nitrogens is 2. The SMILES string of the molecule is CC(C)(C)c1cn2c(n1)CCC(NC(=O)C1CC(F)(F)CN1)C2. The highest BCUT2D eigenvalue weighted by Crippen LogP contribution is 2.26. The quantitative estimate of drug-likeness (QED) is 0.868. The van der Waals surface area contributed by atoms with Crippen LogP contribution in [0.15, 0.2) is 6.20 Å². The molecule has 0 aromatic carbocycles. The van der Waals surface area contributed by atoms with Crippen molar-refractivity contribution >= 4 is 5.91 Å². The lowest BCUT2D eigenvalue weighted by Crippen LogP contribution is -2.48. The van der Waals surface area contributed by atoms with Crippen molar-refractivity contribution in [1.82, 2.24) is 20.2 Å². The number of nitrogens with zero attached hydrogens (tertiary/aromatic N) is 2. The van der Waals surface area contributed by atoms with Crippen molar-refractivity contribution in [2.24, 2.45) is 0 Å². The molecule has 3 heterocycles. The van der Waals surface area contributed by atoms with Gasteiger partial charge in [-0.25, -0.2) is 13.8 Å². The highest BCUT2D eigenvalue weighted by molar-refractivity contribution is 5.82. The number of fused-ring (bicyclic) bond motifs is 1. The Kier molecular flexibility index (Phi) is 3.94. The minimum absolute atomic E-state index is 0.0115. The van der Waals surface area contributed by atoms with E-state index in [-0.39, 0.29) is 17.4 Å². The van der Waals surface area contributed by atoms with Crippen LogP contribution in [0, 0.1) is 0 Å². The van der Waals surface area contributed by atoms with Crippen molar-refractivity contribution in [1.29, 1.82) is 0 Å². The summed E-state index contributed by atoms with van der Waals surface area (Å²) in [5.74, 6) is -2.08. The molecule has 0 aliphatic carbocycles. The molecule has 128 valence electrons. The van der Waals surface area contributed by atoms with Gasteiger partial charge >= 0.3 is 0 Å². The van der Waals surface area contributed by atoms with E-state index < -0.39 is 24.9 Å². The number of carbonyl (C=O) groups is 1. The Balaban J connectivity index is 1.61. The van der Waals surface area contributed by atoms with Crippen LogP contribution in [0.2, 0.25) is 0 Å². The zero-order valence-electron chi connectivity index (χ0n) is 13.8. The van der Waals surface area contributed by atoms with Crippen molar-refractivity contribution in [2.75, 3.05) is 6.54 Å². The molecule has 1 amide bonds. The number of halogens is 2. The van der Waals surface area contributed by atoms with E-state index in [4.69, 9.17) is 0 Å². The van der Waals surface area contributed by atoms with Crippen LogP contribution in [0.25, 0.3) is 0 Å². The molecule has 0 radical (unpaired) electrons. The highest BCUT2D eigenvalue weighted by atomic mass is 19.3. The monoisotopic (exact) mass is 326 g/mol. The summed E-state index contributed by atoms with van der Waals surface area (Å²) in [6.45, 7) is 6.58. The number of hydrogen-bond donors (Lipinski definition) is 2. The molecule has 1 saturated heterocycles. The average Bonchev–Trinajstić information content (AvgIpc) is 3.01. The van der Waals surface area contributed by atoms with Gasteiger partial charge in [-0.15, -0.1) is 0 Å². The zero-order valence-corrected chi connectivity index (χ0v) is 13.8. The molecule has 1 aromatic heterocycles. The predicted molar refractivity (Wildman–Crippen MR) is 82.5 cm³/mol. The first-order valence-electron chi connectivity index (χ1n) is 8.12. The zero-order chi connectivity index (χ0) is 16.8. The molecule has 2 aliphatic heterocycles. The standard InChI is InChI=1S/C16H24F2N4O/c1-15(2,3)12-8-22-7-10(4-5-13(22)21-12)20-14(23)11-6-16(17,18)9-19-11/h8,10-11,19H,4-7,9H2,1-3H3,(H,20,23). The molecule has 0 bridgehead atoms. The largest absolute Gasteiger partial charge is 0.350 e. The normalized spacial score (nSPS) is 26.8. The molecule has 7 heteroatoms. The molecule has 3 rings (SSSR count). The van der Waals surface area contributed by atoms with Crippen LogP contribution in [0.3, 0.4) is 0 Å². The van der Waals surface area contributed by atoms with Gasteiger partial charge in [0.15, 0.2) is 0 Å². The summed E-state index contributed by atoms with van der Waals surface area (Å²) in [4.78, 5) is 16.8. The van der Waals surface area contributed by atoms with Crippen molar-refractivity contribution in [2.45, 2.75) is 70.0 Å². The van der Waals surface area contributed by atoms with Gasteiger partial charge in [0.05, 0.1) is 18.3 Å². The van der Waals surface area contributed by atoms with E-state index >= 15 is 0 Å². The van der Waals surface area contributed by atoms with Gasteiger partial charge in [-0.2, -0.15) is 0 Å². The van der Waals surface area contributed by atoms with Crippen LogP contribution in [0.1, 0.15) is 45.1 Å². The van der Waals surface area contributed by atoms with Crippen LogP contribution < -0.4 is 10.6 Å². The topological polar surface area (TPSA) is 59.0 Å². The minimum Gasteiger partial charge on any atom is -0.350 e. The summed E-state index contributed by atoms with van der Waals surface area (Å²) < 4.78 is 28.5. The molecule has 0 spiro atoms.